The van der Waals surface area contributed by atoms with Crippen molar-refractivity contribution in [3.63, 3.8) is 0 Å². The number of benzene rings is 2. The van der Waals surface area contributed by atoms with Crippen molar-refractivity contribution >= 4 is 51.9 Å². The van der Waals surface area contributed by atoms with E-state index in [-0.39, 0.29) is 28.1 Å². The number of hydrogen-bond acceptors (Lipinski definition) is 7. The first-order valence-electron chi connectivity index (χ1n) is 9.55. The second-order valence-corrected chi connectivity index (χ2v) is 8.24. The fourth-order valence-corrected chi connectivity index (χ4v) is 4.19. The van der Waals surface area contributed by atoms with Gasteiger partial charge in [-0.2, -0.15) is 13.2 Å². The molecule has 6 nitrogen and oxygen atoms in total. The minimum absolute atomic E-state index is 0.0380. The van der Waals surface area contributed by atoms with Crippen molar-refractivity contribution in [3.8, 4) is 11.5 Å². The number of thioether (sulfide) groups is 1. The molecule has 0 saturated carbocycles. The number of halogens is 3. The summed E-state index contributed by atoms with van der Waals surface area (Å²) in [4.78, 5) is 25.7. The van der Waals surface area contributed by atoms with Crippen molar-refractivity contribution in [2.45, 2.75) is 13.1 Å². The molecule has 0 spiro atoms. The summed E-state index contributed by atoms with van der Waals surface area (Å²) < 4.78 is 54.8. The van der Waals surface area contributed by atoms with Gasteiger partial charge in [-0.3, -0.25) is 9.69 Å². The highest BCUT2D eigenvalue weighted by molar-refractivity contribution is 8.27. The normalized spacial score (nSPS) is 15.2. The number of methoxy groups -OCH3 is 1. The molecule has 1 saturated heterocycles. The van der Waals surface area contributed by atoms with E-state index < -0.39 is 23.6 Å². The van der Waals surface area contributed by atoms with Gasteiger partial charge in [0.2, 0.25) is 0 Å². The van der Waals surface area contributed by atoms with E-state index in [1.54, 1.807) is 31.2 Å². The second-order valence-electron chi connectivity index (χ2n) is 6.57. The lowest BCUT2D eigenvalue weighted by Gasteiger charge is -2.16. The first-order chi connectivity index (χ1) is 15.6. The number of thiocarbonyl (C=S) groups is 1. The molecule has 0 unspecified atom stereocenters. The van der Waals surface area contributed by atoms with Gasteiger partial charge in [-0.05, 0) is 48.9 Å². The average molecular weight is 498 g/mol. The van der Waals surface area contributed by atoms with E-state index >= 15 is 0 Å². The van der Waals surface area contributed by atoms with Crippen LogP contribution in [0.15, 0.2) is 47.4 Å². The Morgan fingerprint density at radius 3 is 2.61 bits per heavy atom. The standard InChI is InChI=1S/C22H18F3NO5S2/c1-3-30-19(27)12-31-16-8-7-13(9-17(16)29-2)10-18-20(28)26(21(32)33-18)15-6-4-5-14(11-15)22(23,24)25/h4-11H,3,12H2,1-2H3/b18-10-. The SMILES string of the molecule is CCOC(=O)COc1ccc(/C=C2\SC(=S)N(c3cccc(C(F)(F)F)c3)C2=O)cc1OC. The minimum atomic E-state index is -4.54. The van der Waals surface area contributed by atoms with Gasteiger partial charge in [0.25, 0.3) is 5.91 Å². The zero-order chi connectivity index (χ0) is 24.2. The number of anilines is 1. The third-order valence-electron chi connectivity index (χ3n) is 4.36. The van der Waals surface area contributed by atoms with Crippen LogP contribution in [0.3, 0.4) is 0 Å². The van der Waals surface area contributed by atoms with E-state index in [1.807, 2.05) is 0 Å². The summed E-state index contributed by atoms with van der Waals surface area (Å²) in [5.74, 6) is -0.437. The lowest BCUT2D eigenvalue weighted by molar-refractivity contribution is -0.145. The van der Waals surface area contributed by atoms with Crippen molar-refractivity contribution in [1.82, 2.24) is 0 Å². The van der Waals surface area contributed by atoms with Gasteiger partial charge in [0.1, 0.15) is 0 Å². The molecule has 1 aliphatic rings. The smallest absolute Gasteiger partial charge is 0.416 e. The van der Waals surface area contributed by atoms with Gasteiger partial charge in [0, 0.05) is 0 Å². The van der Waals surface area contributed by atoms with Crippen LogP contribution >= 0.6 is 24.0 Å². The van der Waals surface area contributed by atoms with E-state index in [9.17, 15) is 22.8 Å². The molecular formula is C22H18F3NO5S2. The van der Waals surface area contributed by atoms with Crippen LogP contribution in [0.2, 0.25) is 0 Å². The molecule has 174 valence electrons. The van der Waals surface area contributed by atoms with Gasteiger partial charge >= 0.3 is 12.1 Å². The number of hydrogen-bond donors (Lipinski definition) is 0. The highest BCUT2D eigenvalue weighted by Crippen LogP contribution is 2.39. The number of alkyl halides is 3. The van der Waals surface area contributed by atoms with E-state index in [0.29, 0.717) is 17.1 Å². The third-order valence-corrected chi connectivity index (χ3v) is 5.66. The molecule has 0 atom stereocenters. The molecule has 0 radical (unpaired) electrons. The summed E-state index contributed by atoms with van der Waals surface area (Å²) in [6, 6.07) is 9.22. The van der Waals surface area contributed by atoms with E-state index in [1.165, 1.54) is 19.2 Å². The largest absolute Gasteiger partial charge is 0.493 e. The Morgan fingerprint density at radius 1 is 1.18 bits per heavy atom. The van der Waals surface area contributed by atoms with E-state index in [2.05, 4.69) is 0 Å². The molecule has 0 aliphatic carbocycles. The number of ether oxygens (including phenoxy) is 3. The summed E-state index contributed by atoms with van der Waals surface area (Å²) >= 11 is 6.21. The zero-order valence-corrected chi connectivity index (χ0v) is 19.1. The maximum absolute atomic E-state index is 13.1. The summed E-state index contributed by atoms with van der Waals surface area (Å²) in [6.07, 6.45) is -3.00. The molecule has 1 aliphatic heterocycles. The molecule has 3 rings (SSSR count). The minimum Gasteiger partial charge on any atom is -0.493 e. The van der Waals surface area contributed by atoms with Crippen molar-refractivity contribution in [2.24, 2.45) is 0 Å². The fourth-order valence-electron chi connectivity index (χ4n) is 2.90. The lowest BCUT2D eigenvalue weighted by atomic mass is 10.1. The Kier molecular flexibility index (Phi) is 7.65. The van der Waals surface area contributed by atoms with Gasteiger partial charge < -0.3 is 14.2 Å². The van der Waals surface area contributed by atoms with Crippen LogP contribution in [0.5, 0.6) is 11.5 Å². The van der Waals surface area contributed by atoms with Gasteiger partial charge in [-0.25, -0.2) is 4.79 Å². The summed E-state index contributed by atoms with van der Waals surface area (Å²) in [6.45, 7) is 1.62. The first-order valence-corrected chi connectivity index (χ1v) is 10.8. The Labute approximate surface area is 197 Å². The van der Waals surface area contributed by atoms with Crippen molar-refractivity contribution in [3.05, 3.63) is 58.5 Å². The molecule has 2 aromatic rings. The lowest BCUT2D eigenvalue weighted by Crippen LogP contribution is -2.27. The highest BCUT2D eigenvalue weighted by atomic mass is 32.2. The number of esters is 1. The molecule has 1 fully saturated rings. The first kappa shape index (κ1) is 24.6. The van der Waals surface area contributed by atoms with Crippen LogP contribution in [0.1, 0.15) is 18.1 Å². The fraction of sp³-hybridized carbons (Fsp3) is 0.227. The Hall–Kier alpha value is -3.05. The maximum Gasteiger partial charge on any atom is 0.416 e. The monoisotopic (exact) mass is 497 g/mol. The number of amides is 1. The van der Waals surface area contributed by atoms with Gasteiger partial charge in [-0.1, -0.05) is 36.1 Å². The summed E-state index contributed by atoms with van der Waals surface area (Å²) in [5, 5.41) is 0. The molecule has 1 amide bonds. The van der Waals surface area contributed by atoms with Crippen molar-refractivity contribution in [2.75, 3.05) is 25.2 Å². The zero-order valence-electron chi connectivity index (χ0n) is 17.5. The van der Waals surface area contributed by atoms with Crippen molar-refractivity contribution in [1.29, 1.82) is 0 Å². The molecule has 11 heteroatoms. The molecule has 33 heavy (non-hydrogen) atoms. The van der Waals surface area contributed by atoms with Crippen LogP contribution < -0.4 is 14.4 Å². The number of carbonyl (C=O) groups excluding carboxylic acids is 2. The van der Waals surface area contributed by atoms with Crippen LogP contribution in [0.25, 0.3) is 6.08 Å². The molecule has 0 bridgehead atoms. The number of carbonyl (C=O) groups is 2. The van der Waals surface area contributed by atoms with Crippen LogP contribution in [0.4, 0.5) is 18.9 Å². The quantitative estimate of drug-likeness (QED) is 0.301. The molecule has 1 heterocycles. The summed E-state index contributed by atoms with van der Waals surface area (Å²) in [5.41, 5.74) is -0.267. The second kappa shape index (κ2) is 10.3. The predicted octanol–water partition coefficient (Wildman–Crippen LogP) is 5.06. The molecule has 2 aromatic carbocycles. The van der Waals surface area contributed by atoms with E-state index in [4.69, 9.17) is 26.4 Å². The molecule has 0 N–H and O–H groups in total. The van der Waals surface area contributed by atoms with Crippen LogP contribution in [-0.4, -0.2) is 36.5 Å². The highest BCUT2D eigenvalue weighted by Gasteiger charge is 2.36. The Bertz CT molecular complexity index is 1120. The third kappa shape index (κ3) is 5.85. The van der Waals surface area contributed by atoms with Crippen LogP contribution in [-0.2, 0) is 20.5 Å². The van der Waals surface area contributed by atoms with Crippen LogP contribution in [0, 0.1) is 0 Å². The average Bonchev–Trinajstić information content (AvgIpc) is 3.05. The van der Waals surface area contributed by atoms with Gasteiger partial charge in [0.05, 0.1) is 29.9 Å². The molecule has 0 aromatic heterocycles. The Balaban J connectivity index is 1.82. The van der Waals surface area contributed by atoms with E-state index in [0.717, 1.165) is 28.8 Å². The predicted molar refractivity (Wildman–Crippen MR) is 122 cm³/mol. The molecular weight excluding hydrogens is 479 g/mol. The number of rotatable bonds is 7. The van der Waals surface area contributed by atoms with Crippen molar-refractivity contribution < 1.29 is 37.0 Å². The van der Waals surface area contributed by atoms with Gasteiger partial charge in [0.15, 0.2) is 22.4 Å². The Morgan fingerprint density at radius 2 is 1.94 bits per heavy atom. The van der Waals surface area contributed by atoms with Gasteiger partial charge in [-0.15, -0.1) is 0 Å². The summed E-state index contributed by atoms with van der Waals surface area (Å²) in [7, 11) is 1.42. The number of nitrogens with zero attached hydrogens (tertiary/aromatic N) is 1. The maximum atomic E-state index is 13.1. The topological polar surface area (TPSA) is 65.1 Å².